The van der Waals surface area contributed by atoms with Crippen molar-refractivity contribution < 1.29 is 42.1 Å². The van der Waals surface area contributed by atoms with Gasteiger partial charge in [-0.05, 0) is 83.5 Å². The van der Waals surface area contributed by atoms with Crippen molar-refractivity contribution in [1.29, 1.82) is 0 Å². The standard InChI is InChI=1S/C70H128NO8P/c1-6-8-10-12-14-16-18-20-22-24-26-27-28-29-30-31-32-33-34-35-36-37-38-39-40-41-42-43-45-46-48-50-52-54-56-58-60-62-69(72)76-66-68(67-78-80(74,75)77-65-64-71(3,4)5)79-70(73)63-61-59-57-55-53-51-49-47-44-25-23-21-19-17-15-13-11-9-7-2/h9,11,15,17,21,23-24,26,44,47,51,53,68H,6-8,10,12-14,16,18-20,22,25,27-43,45-46,48-50,52,54-67H2,1-5H3/b11-9-,17-15-,23-21-,26-24-,47-44-,53-51-. The maximum atomic E-state index is 12.8. The summed E-state index contributed by atoms with van der Waals surface area (Å²) in [5.74, 6) is -0.863. The minimum atomic E-state index is -4.65. The van der Waals surface area contributed by atoms with E-state index < -0.39 is 26.5 Å². The second-order valence-corrected chi connectivity index (χ2v) is 25.2. The Morgan fingerprint density at radius 3 is 1.09 bits per heavy atom. The lowest BCUT2D eigenvalue weighted by atomic mass is 10.0. The number of ether oxygens (including phenoxy) is 2. The molecule has 0 rings (SSSR count). The molecule has 9 nitrogen and oxygen atoms in total. The topological polar surface area (TPSA) is 111 Å². The Morgan fingerprint density at radius 2 is 0.713 bits per heavy atom. The van der Waals surface area contributed by atoms with Crippen LogP contribution in [0.15, 0.2) is 72.9 Å². The summed E-state index contributed by atoms with van der Waals surface area (Å²) in [5, 5.41) is 0. The van der Waals surface area contributed by atoms with Gasteiger partial charge >= 0.3 is 11.9 Å². The lowest BCUT2D eigenvalue weighted by molar-refractivity contribution is -0.870. The highest BCUT2D eigenvalue weighted by atomic mass is 31.2. The predicted octanol–water partition coefficient (Wildman–Crippen LogP) is 21.0. The molecule has 0 aromatic carbocycles. The van der Waals surface area contributed by atoms with Crippen molar-refractivity contribution in [2.24, 2.45) is 0 Å². The summed E-state index contributed by atoms with van der Waals surface area (Å²) >= 11 is 0. The molecule has 0 radical (unpaired) electrons. The van der Waals surface area contributed by atoms with E-state index in [9.17, 15) is 19.0 Å². The molecule has 466 valence electrons. The smallest absolute Gasteiger partial charge is 0.306 e. The Morgan fingerprint density at radius 1 is 0.400 bits per heavy atom. The number of carbonyl (C=O) groups excluding carboxylic acids is 2. The van der Waals surface area contributed by atoms with Crippen LogP contribution in [0.4, 0.5) is 0 Å². The van der Waals surface area contributed by atoms with E-state index in [1.165, 1.54) is 205 Å². The predicted molar refractivity (Wildman–Crippen MR) is 342 cm³/mol. The number of allylic oxidation sites excluding steroid dienone is 12. The molecule has 0 aliphatic carbocycles. The van der Waals surface area contributed by atoms with Gasteiger partial charge in [-0.1, -0.05) is 286 Å². The Kier molecular flexibility index (Phi) is 59.1. The van der Waals surface area contributed by atoms with Crippen molar-refractivity contribution in [2.75, 3.05) is 47.5 Å². The van der Waals surface area contributed by atoms with E-state index in [1.807, 2.05) is 21.1 Å². The Balaban J connectivity index is 3.97. The molecule has 0 amide bonds. The van der Waals surface area contributed by atoms with E-state index in [2.05, 4.69) is 86.8 Å². The fourth-order valence-corrected chi connectivity index (χ4v) is 10.3. The zero-order valence-corrected chi connectivity index (χ0v) is 53.9. The van der Waals surface area contributed by atoms with E-state index in [0.29, 0.717) is 17.4 Å². The highest BCUT2D eigenvalue weighted by Gasteiger charge is 2.22. The molecule has 0 bridgehead atoms. The van der Waals surface area contributed by atoms with Gasteiger partial charge in [-0.3, -0.25) is 14.2 Å². The van der Waals surface area contributed by atoms with Gasteiger partial charge in [0.2, 0.25) is 0 Å². The molecule has 80 heavy (non-hydrogen) atoms. The third-order valence-corrected chi connectivity index (χ3v) is 15.7. The summed E-state index contributed by atoms with van der Waals surface area (Å²) < 4.78 is 34.2. The lowest BCUT2D eigenvalue weighted by Crippen LogP contribution is -2.37. The number of hydrogen-bond donors (Lipinski definition) is 0. The molecule has 0 saturated heterocycles. The van der Waals surface area contributed by atoms with E-state index in [-0.39, 0.29) is 32.0 Å². The van der Waals surface area contributed by atoms with Gasteiger partial charge in [-0.15, -0.1) is 0 Å². The average molecular weight is 1140 g/mol. The molecule has 10 heteroatoms. The number of rotatable bonds is 62. The van der Waals surface area contributed by atoms with Crippen molar-refractivity contribution in [3.63, 3.8) is 0 Å². The van der Waals surface area contributed by atoms with Gasteiger partial charge < -0.3 is 27.9 Å². The third-order valence-electron chi connectivity index (χ3n) is 14.7. The molecule has 0 aromatic rings. The zero-order chi connectivity index (χ0) is 58.4. The first-order chi connectivity index (χ1) is 39.0. The maximum absolute atomic E-state index is 12.8. The minimum absolute atomic E-state index is 0.0393. The van der Waals surface area contributed by atoms with Crippen LogP contribution < -0.4 is 4.89 Å². The number of carbonyl (C=O) groups is 2. The summed E-state index contributed by atoms with van der Waals surface area (Å²) in [6.07, 6.45) is 81.5. The molecule has 0 fully saturated rings. The van der Waals surface area contributed by atoms with Crippen molar-refractivity contribution in [2.45, 2.75) is 315 Å². The van der Waals surface area contributed by atoms with Gasteiger partial charge in [-0.2, -0.15) is 0 Å². The molecule has 2 unspecified atom stereocenters. The van der Waals surface area contributed by atoms with Crippen LogP contribution in [-0.2, 0) is 32.7 Å². The second kappa shape index (κ2) is 61.0. The van der Waals surface area contributed by atoms with Gasteiger partial charge in [0.15, 0.2) is 6.10 Å². The summed E-state index contributed by atoms with van der Waals surface area (Å²) in [6.45, 7) is 4.11. The lowest BCUT2D eigenvalue weighted by Gasteiger charge is -2.28. The molecular formula is C70H128NO8P. The molecule has 0 aliphatic heterocycles. The normalized spacial score (nSPS) is 13.6. The first-order valence-corrected chi connectivity index (χ1v) is 35.1. The van der Waals surface area contributed by atoms with Crippen LogP contribution in [0, 0.1) is 0 Å². The largest absolute Gasteiger partial charge is 0.756 e. The molecule has 0 aromatic heterocycles. The van der Waals surface area contributed by atoms with Crippen molar-refractivity contribution in [3.05, 3.63) is 72.9 Å². The van der Waals surface area contributed by atoms with Crippen LogP contribution in [0.25, 0.3) is 0 Å². The molecular weight excluding hydrogens is 1010 g/mol. The number of hydrogen-bond acceptors (Lipinski definition) is 8. The average Bonchev–Trinajstić information content (AvgIpc) is 3.42. The summed E-state index contributed by atoms with van der Waals surface area (Å²) in [5.41, 5.74) is 0. The van der Waals surface area contributed by atoms with Crippen molar-refractivity contribution in [1.82, 2.24) is 0 Å². The van der Waals surface area contributed by atoms with Gasteiger partial charge in [-0.25, -0.2) is 0 Å². The van der Waals surface area contributed by atoms with Gasteiger partial charge in [0, 0.05) is 12.8 Å². The van der Waals surface area contributed by atoms with Crippen LogP contribution in [-0.4, -0.2) is 70.0 Å². The number of quaternary nitrogens is 1. The quantitative estimate of drug-likeness (QED) is 0.0195. The van der Waals surface area contributed by atoms with Crippen LogP contribution in [0.1, 0.15) is 309 Å². The summed E-state index contributed by atoms with van der Waals surface area (Å²) in [4.78, 5) is 37.9. The van der Waals surface area contributed by atoms with E-state index in [1.54, 1.807) is 0 Å². The monoisotopic (exact) mass is 1140 g/mol. The third kappa shape index (κ3) is 64.6. The molecule has 0 aliphatic rings. The van der Waals surface area contributed by atoms with Crippen LogP contribution in [0.2, 0.25) is 0 Å². The zero-order valence-electron chi connectivity index (χ0n) is 53.0. The van der Waals surface area contributed by atoms with Gasteiger partial charge in [0.05, 0.1) is 27.7 Å². The minimum Gasteiger partial charge on any atom is -0.756 e. The fourth-order valence-electron chi connectivity index (χ4n) is 9.56. The van der Waals surface area contributed by atoms with Crippen molar-refractivity contribution >= 4 is 19.8 Å². The van der Waals surface area contributed by atoms with E-state index in [0.717, 1.165) is 70.6 Å². The molecule has 0 saturated carbocycles. The van der Waals surface area contributed by atoms with Crippen molar-refractivity contribution in [3.8, 4) is 0 Å². The molecule has 2 atom stereocenters. The maximum Gasteiger partial charge on any atom is 0.306 e. The van der Waals surface area contributed by atoms with E-state index >= 15 is 0 Å². The number of phosphoric ester groups is 1. The Hall–Kier alpha value is -2.55. The summed E-state index contributed by atoms with van der Waals surface area (Å²) in [7, 11) is 1.15. The number of phosphoric acid groups is 1. The molecule has 0 spiro atoms. The Labute approximate surface area is 495 Å². The fraction of sp³-hybridized carbons (Fsp3) is 0.800. The SMILES string of the molecule is CC/C=C\C/C=C\C/C=C\C/C=C\C/C=C\CCCCCC(=O)OC(COC(=O)CCCCCCCCCCCCCCCCCCCCCCCCCCC/C=C\CCCCCCCCCC)COP(=O)([O-])OCC[N+](C)(C)C. The molecule has 0 N–H and O–H groups in total. The van der Waals surface area contributed by atoms with Gasteiger partial charge in [0.1, 0.15) is 19.8 Å². The number of unbranched alkanes of at least 4 members (excludes halogenated alkanes) is 36. The second-order valence-electron chi connectivity index (χ2n) is 23.8. The number of nitrogens with zero attached hydrogens (tertiary/aromatic N) is 1. The summed E-state index contributed by atoms with van der Waals surface area (Å²) in [6, 6.07) is 0. The van der Waals surface area contributed by atoms with E-state index in [4.69, 9.17) is 18.5 Å². The number of esters is 2. The first kappa shape index (κ1) is 77.5. The van der Waals surface area contributed by atoms with Crippen LogP contribution >= 0.6 is 7.82 Å². The Bertz CT molecular complexity index is 1580. The molecule has 0 heterocycles. The van der Waals surface area contributed by atoms with Crippen LogP contribution in [0.3, 0.4) is 0 Å². The number of likely N-dealkylation sites (N-methyl/N-ethyl adjacent to an activating group) is 1. The first-order valence-electron chi connectivity index (χ1n) is 33.6. The highest BCUT2D eigenvalue weighted by molar-refractivity contribution is 7.45. The van der Waals surface area contributed by atoms with Gasteiger partial charge in [0.25, 0.3) is 7.82 Å². The van der Waals surface area contributed by atoms with Crippen LogP contribution in [0.5, 0.6) is 0 Å². The highest BCUT2D eigenvalue weighted by Crippen LogP contribution is 2.38.